The Hall–Kier alpha value is -1.79. The Morgan fingerprint density at radius 3 is 2.87 bits per heavy atom. The SMILES string of the molecule is Cc1ccc(CN(Cc2ccco2)C(=O)N[C@@H]2CCO[C@@H]2C)s1. The topological polar surface area (TPSA) is 54.7 Å². The van der Waals surface area contributed by atoms with E-state index < -0.39 is 0 Å². The summed E-state index contributed by atoms with van der Waals surface area (Å²) >= 11 is 1.71. The van der Waals surface area contributed by atoms with E-state index in [-0.39, 0.29) is 18.2 Å². The van der Waals surface area contributed by atoms with Crippen molar-refractivity contribution >= 4 is 17.4 Å². The summed E-state index contributed by atoms with van der Waals surface area (Å²) in [6.45, 7) is 5.80. The molecule has 1 aliphatic rings. The smallest absolute Gasteiger partial charge is 0.318 e. The molecular formula is C17H22N2O3S. The van der Waals surface area contributed by atoms with Crippen molar-refractivity contribution in [2.75, 3.05) is 6.61 Å². The highest BCUT2D eigenvalue weighted by Gasteiger charge is 2.28. The zero-order chi connectivity index (χ0) is 16.2. The second-order valence-corrected chi connectivity index (χ2v) is 7.24. The molecule has 1 N–H and O–H groups in total. The molecule has 3 heterocycles. The molecule has 0 saturated carbocycles. The fraction of sp³-hybridized carbons (Fsp3) is 0.471. The summed E-state index contributed by atoms with van der Waals surface area (Å²) in [6.07, 6.45) is 2.56. The molecule has 0 aliphatic carbocycles. The molecule has 0 spiro atoms. The van der Waals surface area contributed by atoms with Crippen LogP contribution in [0.2, 0.25) is 0 Å². The van der Waals surface area contributed by atoms with Crippen molar-refractivity contribution in [3.63, 3.8) is 0 Å². The van der Waals surface area contributed by atoms with Crippen LogP contribution in [-0.4, -0.2) is 29.7 Å². The van der Waals surface area contributed by atoms with Gasteiger partial charge >= 0.3 is 6.03 Å². The van der Waals surface area contributed by atoms with Crippen LogP contribution in [0.25, 0.3) is 0 Å². The highest BCUT2D eigenvalue weighted by Crippen LogP contribution is 2.20. The quantitative estimate of drug-likeness (QED) is 0.910. The van der Waals surface area contributed by atoms with Gasteiger partial charge in [0.25, 0.3) is 0 Å². The van der Waals surface area contributed by atoms with E-state index >= 15 is 0 Å². The molecule has 124 valence electrons. The molecule has 1 aliphatic heterocycles. The second-order valence-electron chi connectivity index (χ2n) is 5.87. The number of furan rings is 1. The van der Waals surface area contributed by atoms with Crippen LogP contribution < -0.4 is 5.32 Å². The molecule has 0 radical (unpaired) electrons. The molecule has 2 amide bonds. The molecule has 2 atom stereocenters. The van der Waals surface area contributed by atoms with Gasteiger partial charge in [-0.1, -0.05) is 0 Å². The Morgan fingerprint density at radius 2 is 2.26 bits per heavy atom. The number of hydrogen-bond acceptors (Lipinski definition) is 4. The molecule has 0 unspecified atom stereocenters. The minimum absolute atomic E-state index is 0.0633. The van der Waals surface area contributed by atoms with Crippen molar-refractivity contribution in [3.8, 4) is 0 Å². The number of hydrogen-bond donors (Lipinski definition) is 1. The summed E-state index contributed by atoms with van der Waals surface area (Å²) in [5.41, 5.74) is 0. The Bertz CT molecular complexity index is 638. The highest BCUT2D eigenvalue weighted by molar-refractivity contribution is 7.11. The van der Waals surface area contributed by atoms with Gasteiger partial charge in [0.2, 0.25) is 0 Å². The monoisotopic (exact) mass is 334 g/mol. The van der Waals surface area contributed by atoms with Gasteiger partial charge in [0.1, 0.15) is 5.76 Å². The average Bonchev–Trinajstić information content (AvgIpc) is 3.24. The third-order valence-corrected chi connectivity index (χ3v) is 5.03. The molecular weight excluding hydrogens is 312 g/mol. The number of carbonyl (C=O) groups excluding carboxylic acids is 1. The minimum Gasteiger partial charge on any atom is -0.467 e. The van der Waals surface area contributed by atoms with Crippen LogP contribution >= 0.6 is 11.3 Å². The number of urea groups is 1. The number of thiophene rings is 1. The lowest BCUT2D eigenvalue weighted by Gasteiger charge is -2.25. The lowest BCUT2D eigenvalue weighted by molar-refractivity contribution is 0.111. The van der Waals surface area contributed by atoms with E-state index in [1.807, 2.05) is 19.1 Å². The highest BCUT2D eigenvalue weighted by atomic mass is 32.1. The number of amides is 2. The van der Waals surface area contributed by atoms with Gasteiger partial charge in [-0.25, -0.2) is 4.79 Å². The summed E-state index contributed by atoms with van der Waals surface area (Å²) in [5, 5.41) is 3.09. The van der Waals surface area contributed by atoms with Gasteiger partial charge in [0.05, 0.1) is 31.5 Å². The number of rotatable bonds is 5. The second kappa shape index (κ2) is 7.19. The maximum atomic E-state index is 12.7. The first-order valence-corrected chi connectivity index (χ1v) is 8.68. The van der Waals surface area contributed by atoms with Crippen molar-refractivity contribution in [1.29, 1.82) is 0 Å². The van der Waals surface area contributed by atoms with Crippen LogP contribution in [0, 0.1) is 6.92 Å². The first-order chi connectivity index (χ1) is 11.1. The van der Waals surface area contributed by atoms with Gasteiger partial charge in [-0.05, 0) is 44.5 Å². The summed E-state index contributed by atoms with van der Waals surface area (Å²) in [5.74, 6) is 0.782. The van der Waals surface area contributed by atoms with Crippen LogP contribution in [0.3, 0.4) is 0 Å². The summed E-state index contributed by atoms with van der Waals surface area (Å²) in [6, 6.07) is 7.88. The molecule has 0 aromatic carbocycles. The maximum absolute atomic E-state index is 12.7. The van der Waals surface area contributed by atoms with Gasteiger partial charge in [-0.15, -0.1) is 11.3 Å². The van der Waals surface area contributed by atoms with Crippen molar-refractivity contribution in [3.05, 3.63) is 46.0 Å². The Morgan fingerprint density at radius 1 is 1.39 bits per heavy atom. The van der Waals surface area contributed by atoms with E-state index in [0.717, 1.165) is 12.2 Å². The van der Waals surface area contributed by atoms with E-state index in [9.17, 15) is 4.79 Å². The Balaban J connectivity index is 1.69. The van der Waals surface area contributed by atoms with Gasteiger partial charge in [-0.3, -0.25) is 0 Å². The normalized spacial score (nSPS) is 20.6. The predicted molar refractivity (Wildman–Crippen MR) is 89.4 cm³/mol. The van der Waals surface area contributed by atoms with Crippen molar-refractivity contribution in [2.45, 2.75) is 45.5 Å². The maximum Gasteiger partial charge on any atom is 0.318 e. The number of nitrogens with one attached hydrogen (secondary N) is 1. The van der Waals surface area contributed by atoms with E-state index in [2.05, 4.69) is 24.4 Å². The van der Waals surface area contributed by atoms with E-state index in [1.165, 1.54) is 9.75 Å². The molecule has 2 aromatic rings. The standard InChI is InChI=1S/C17H22N2O3S/c1-12-5-6-15(23-12)11-19(10-14-4-3-8-22-14)17(20)18-16-7-9-21-13(16)2/h3-6,8,13,16H,7,9-11H2,1-2H3,(H,18,20)/t13-,16-/m1/s1. The summed E-state index contributed by atoms with van der Waals surface area (Å²) in [4.78, 5) is 16.9. The van der Waals surface area contributed by atoms with Crippen molar-refractivity contribution < 1.29 is 13.9 Å². The minimum atomic E-state index is -0.0743. The Kier molecular flexibility index (Phi) is 5.03. The molecule has 3 rings (SSSR count). The first-order valence-electron chi connectivity index (χ1n) is 7.86. The molecule has 0 bridgehead atoms. The van der Waals surface area contributed by atoms with Crippen LogP contribution in [-0.2, 0) is 17.8 Å². The fourth-order valence-electron chi connectivity index (χ4n) is 2.72. The lowest BCUT2D eigenvalue weighted by Crippen LogP contribution is -2.46. The van der Waals surface area contributed by atoms with Crippen molar-refractivity contribution in [2.24, 2.45) is 0 Å². The number of ether oxygens (including phenoxy) is 1. The van der Waals surface area contributed by atoms with Gasteiger partial charge in [-0.2, -0.15) is 0 Å². The third kappa shape index (κ3) is 4.14. The zero-order valence-electron chi connectivity index (χ0n) is 13.5. The predicted octanol–water partition coefficient (Wildman–Crippen LogP) is 3.54. The van der Waals surface area contributed by atoms with Crippen LogP contribution in [0.4, 0.5) is 4.79 Å². The summed E-state index contributed by atoms with van der Waals surface area (Å²) in [7, 11) is 0. The Labute approximate surface area is 140 Å². The average molecular weight is 334 g/mol. The molecule has 1 fully saturated rings. The van der Waals surface area contributed by atoms with Crippen molar-refractivity contribution in [1.82, 2.24) is 10.2 Å². The van der Waals surface area contributed by atoms with Gasteiger partial charge in [0, 0.05) is 16.4 Å². The molecule has 2 aromatic heterocycles. The number of aryl methyl sites for hydroxylation is 1. The third-order valence-electron chi connectivity index (χ3n) is 4.04. The van der Waals surface area contributed by atoms with Gasteiger partial charge < -0.3 is 19.4 Å². The van der Waals surface area contributed by atoms with Crippen LogP contribution in [0.15, 0.2) is 34.9 Å². The van der Waals surface area contributed by atoms with E-state index in [4.69, 9.17) is 9.15 Å². The molecule has 1 saturated heterocycles. The van der Waals surface area contributed by atoms with E-state index in [0.29, 0.717) is 19.7 Å². The largest absolute Gasteiger partial charge is 0.467 e. The molecule has 6 heteroatoms. The zero-order valence-corrected chi connectivity index (χ0v) is 14.3. The molecule has 23 heavy (non-hydrogen) atoms. The lowest BCUT2D eigenvalue weighted by atomic mass is 10.1. The molecule has 5 nitrogen and oxygen atoms in total. The number of carbonyl (C=O) groups is 1. The number of nitrogens with zero attached hydrogens (tertiary/aromatic N) is 1. The van der Waals surface area contributed by atoms with E-state index in [1.54, 1.807) is 22.5 Å². The first kappa shape index (κ1) is 16.1. The fourth-order valence-corrected chi connectivity index (χ4v) is 3.63. The van der Waals surface area contributed by atoms with Gasteiger partial charge in [0.15, 0.2) is 0 Å². The van der Waals surface area contributed by atoms with Crippen LogP contribution in [0.1, 0.15) is 28.9 Å². The summed E-state index contributed by atoms with van der Waals surface area (Å²) < 4.78 is 10.9. The van der Waals surface area contributed by atoms with Crippen LogP contribution in [0.5, 0.6) is 0 Å².